The Morgan fingerprint density at radius 3 is 2.74 bits per heavy atom. The molecule has 27 heavy (non-hydrogen) atoms. The number of benzene rings is 1. The number of unbranched alkanes of at least 4 members (excludes halogenated alkanes) is 3. The molecule has 4 heteroatoms. The van der Waals surface area contributed by atoms with Crippen LogP contribution in [-0.2, 0) is 0 Å². The van der Waals surface area contributed by atoms with Crippen molar-refractivity contribution in [3.05, 3.63) is 41.2 Å². The summed E-state index contributed by atoms with van der Waals surface area (Å²) in [5.41, 5.74) is 1.26. The zero-order chi connectivity index (χ0) is 19.5. The molecule has 1 aliphatic carbocycles. The van der Waals surface area contributed by atoms with Crippen molar-refractivity contribution in [2.24, 2.45) is 5.92 Å². The van der Waals surface area contributed by atoms with Crippen LogP contribution in [0.25, 0.3) is 0 Å². The summed E-state index contributed by atoms with van der Waals surface area (Å²) >= 11 is 0. The summed E-state index contributed by atoms with van der Waals surface area (Å²) in [5, 5.41) is 3.50. The van der Waals surface area contributed by atoms with Gasteiger partial charge in [-0.15, -0.1) is 0 Å². The van der Waals surface area contributed by atoms with Gasteiger partial charge in [0.15, 0.2) is 5.78 Å². The maximum atomic E-state index is 14.2. The molecular formula is C23H34FNO2. The Bertz CT molecular complexity index is 619. The van der Waals surface area contributed by atoms with E-state index in [4.69, 9.17) is 4.74 Å². The van der Waals surface area contributed by atoms with Gasteiger partial charge in [0.25, 0.3) is 0 Å². The second kappa shape index (κ2) is 11.9. The summed E-state index contributed by atoms with van der Waals surface area (Å²) in [4.78, 5) is 12.4. The molecule has 1 N–H and O–H groups in total. The number of Topliss-reactive ketones (excluding diaryl/α,β-unsaturated/α-hetero) is 1. The number of rotatable bonds is 14. The second-order valence-electron chi connectivity index (χ2n) is 7.77. The molecule has 0 spiro atoms. The summed E-state index contributed by atoms with van der Waals surface area (Å²) in [7, 11) is 0. The molecule has 150 valence electrons. The topological polar surface area (TPSA) is 38.3 Å². The Kier molecular flexibility index (Phi) is 9.54. The van der Waals surface area contributed by atoms with Gasteiger partial charge < -0.3 is 10.1 Å². The van der Waals surface area contributed by atoms with Gasteiger partial charge in [-0.05, 0) is 77.1 Å². The van der Waals surface area contributed by atoms with Crippen LogP contribution in [0.15, 0.2) is 29.8 Å². The third-order valence-electron chi connectivity index (χ3n) is 4.81. The smallest absolute Gasteiger partial charge is 0.169 e. The van der Waals surface area contributed by atoms with E-state index in [1.165, 1.54) is 38.3 Å². The van der Waals surface area contributed by atoms with Gasteiger partial charge in [-0.25, -0.2) is 4.39 Å². The number of allylic oxidation sites excluding steroid dienone is 2. The van der Waals surface area contributed by atoms with Crippen molar-refractivity contribution >= 4 is 5.78 Å². The van der Waals surface area contributed by atoms with E-state index in [9.17, 15) is 9.18 Å². The number of hydrogen-bond acceptors (Lipinski definition) is 3. The molecule has 0 heterocycles. The van der Waals surface area contributed by atoms with Crippen LogP contribution in [0.4, 0.5) is 4.39 Å². The molecule has 0 aromatic heterocycles. The Hall–Kier alpha value is -1.68. The van der Waals surface area contributed by atoms with Crippen LogP contribution in [0, 0.1) is 11.7 Å². The minimum Gasteiger partial charge on any atom is -0.493 e. The number of ether oxygens (including phenoxy) is 1. The molecule has 1 saturated carbocycles. The number of hydrogen-bond donors (Lipinski definition) is 1. The summed E-state index contributed by atoms with van der Waals surface area (Å²) in [6.45, 7) is 6.77. The lowest BCUT2D eigenvalue weighted by molar-refractivity contribution is 0.0975. The molecule has 1 fully saturated rings. The molecule has 0 saturated heterocycles. The number of halogens is 1. The van der Waals surface area contributed by atoms with Gasteiger partial charge in [-0.1, -0.05) is 30.6 Å². The van der Waals surface area contributed by atoms with E-state index in [2.05, 4.69) is 5.32 Å². The summed E-state index contributed by atoms with van der Waals surface area (Å²) in [6.07, 6.45) is 10.1. The maximum Gasteiger partial charge on any atom is 0.169 e. The van der Waals surface area contributed by atoms with E-state index in [1.54, 1.807) is 12.1 Å². The summed E-state index contributed by atoms with van der Waals surface area (Å²) in [5.74, 6) is 0.630. The van der Waals surface area contributed by atoms with Crippen LogP contribution in [0.1, 0.15) is 75.6 Å². The Labute approximate surface area is 163 Å². The summed E-state index contributed by atoms with van der Waals surface area (Å²) in [6, 6.07) is 4.62. The van der Waals surface area contributed by atoms with Crippen molar-refractivity contribution < 1.29 is 13.9 Å². The number of carbonyl (C=O) groups excluding carboxylic acids is 1. The largest absolute Gasteiger partial charge is 0.493 e. The first kappa shape index (κ1) is 21.6. The van der Waals surface area contributed by atoms with Crippen LogP contribution < -0.4 is 10.1 Å². The van der Waals surface area contributed by atoms with E-state index in [0.29, 0.717) is 25.2 Å². The fourth-order valence-electron chi connectivity index (χ4n) is 3.03. The molecule has 1 aromatic rings. The van der Waals surface area contributed by atoms with E-state index in [1.807, 2.05) is 19.9 Å². The fourth-order valence-corrected chi connectivity index (χ4v) is 3.03. The van der Waals surface area contributed by atoms with Crippen LogP contribution in [-0.4, -0.2) is 25.5 Å². The fraction of sp³-hybridized carbons (Fsp3) is 0.609. The lowest BCUT2D eigenvalue weighted by Crippen LogP contribution is -2.17. The second-order valence-corrected chi connectivity index (χ2v) is 7.77. The van der Waals surface area contributed by atoms with E-state index in [0.717, 1.165) is 30.9 Å². The quantitative estimate of drug-likeness (QED) is 0.258. The average Bonchev–Trinajstić information content (AvgIpc) is 3.44. The van der Waals surface area contributed by atoms with Crippen molar-refractivity contribution in [1.82, 2.24) is 5.32 Å². The molecular weight excluding hydrogens is 341 g/mol. The van der Waals surface area contributed by atoms with Gasteiger partial charge in [0.1, 0.15) is 11.6 Å². The number of ketones is 1. The van der Waals surface area contributed by atoms with Crippen molar-refractivity contribution in [1.29, 1.82) is 0 Å². The Morgan fingerprint density at radius 1 is 1.22 bits per heavy atom. The van der Waals surface area contributed by atoms with Crippen LogP contribution >= 0.6 is 0 Å². The minimum atomic E-state index is -0.489. The van der Waals surface area contributed by atoms with Crippen LogP contribution in [0.5, 0.6) is 5.75 Å². The SMILES string of the molecule is CC(C)=CCCC(=O)c1c(F)cccc1OCCCCCCNCC1CC1. The van der Waals surface area contributed by atoms with Crippen LogP contribution in [0.3, 0.4) is 0 Å². The molecule has 1 aromatic carbocycles. The minimum absolute atomic E-state index is 0.101. The highest BCUT2D eigenvalue weighted by Gasteiger charge is 2.20. The van der Waals surface area contributed by atoms with E-state index >= 15 is 0 Å². The highest BCUT2D eigenvalue weighted by atomic mass is 19.1. The number of nitrogens with one attached hydrogen (secondary N) is 1. The van der Waals surface area contributed by atoms with Crippen molar-refractivity contribution in [2.75, 3.05) is 19.7 Å². The first-order valence-electron chi connectivity index (χ1n) is 10.4. The zero-order valence-corrected chi connectivity index (χ0v) is 16.9. The Balaban J connectivity index is 1.67. The molecule has 0 amide bonds. The maximum absolute atomic E-state index is 14.2. The van der Waals surface area contributed by atoms with Crippen LogP contribution in [0.2, 0.25) is 0 Å². The van der Waals surface area contributed by atoms with Gasteiger partial charge in [0.05, 0.1) is 12.2 Å². The molecule has 1 aliphatic rings. The molecule has 0 bridgehead atoms. The highest BCUT2D eigenvalue weighted by molar-refractivity contribution is 5.99. The van der Waals surface area contributed by atoms with Crippen molar-refractivity contribution in [3.8, 4) is 5.75 Å². The van der Waals surface area contributed by atoms with Gasteiger partial charge in [0.2, 0.25) is 0 Å². The molecule has 2 rings (SSSR count). The normalized spacial score (nSPS) is 13.4. The van der Waals surface area contributed by atoms with Gasteiger partial charge in [0, 0.05) is 6.42 Å². The third kappa shape index (κ3) is 8.70. The van der Waals surface area contributed by atoms with Gasteiger partial charge in [-0.2, -0.15) is 0 Å². The van der Waals surface area contributed by atoms with Crippen molar-refractivity contribution in [2.45, 2.75) is 65.2 Å². The number of carbonyl (C=O) groups is 1. The molecule has 3 nitrogen and oxygen atoms in total. The Morgan fingerprint density at radius 2 is 2.00 bits per heavy atom. The monoisotopic (exact) mass is 375 g/mol. The van der Waals surface area contributed by atoms with Gasteiger partial charge in [-0.3, -0.25) is 4.79 Å². The predicted octanol–water partition coefficient (Wildman–Crippen LogP) is 5.69. The predicted molar refractivity (Wildman–Crippen MR) is 109 cm³/mol. The lowest BCUT2D eigenvalue weighted by Gasteiger charge is -2.11. The average molecular weight is 376 g/mol. The molecule has 0 aliphatic heterocycles. The third-order valence-corrected chi connectivity index (χ3v) is 4.81. The zero-order valence-electron chi connectivity index (χ0n) is 16.9. The molecule has 0 unspecified atom stereocenters. The highest BCUT2D eigenvalue weighted by Crippen LogP contribution is 2.27. The van der Waals surface area contributed by atoms with E-state index < -0.39 is 5.82 Å². The molecule has 0 radical (unpaired) electrons. The first-order chi connectivity index (χ1) is 13.1. The van der Waals surface area contributed by atoms with Crippen molar-refractivity contribution in [3.63, 3.8) is 0 Å². The van der Waals surface area contributed by atoms with E-state index in [-0.39, 0.29) is 11.3 Å². The van der Waals surface area contributed by atoms with Gasteiger partial charge >= 0.3 is 0 Å². The molecule has 0 atom stereocenters. The lowest BCUT2D eigenvalue weighted by atomic mass is 10.0. The summed E-state index contributed by atoms with van der Waals surface area (Å²) < 4.78 is 19.9. The first-order valence-corrected chi connectivity index (χ1v) is 10.4. The standard InChI is InChI=1S/C23H34FNO2/c1-18(2)9-7-11-21(26)23-20(24)10-8-12-22(23)27-16-6-4-3-5-15-25-17-19-13-14-19/h8-10,12,19,25H,3-7,11,13-17H2,1-2H3.